The second-order valence-electron chi connectivity index (χ2n) is 7.09. The molecule has 0 fully saturated rings. The van der Waals surface area contributed by atoms with Crippen molar-refractivity contribution < 1.29 is 9.90 Å². The van der Waals surface area contributed by atoms with Crippen LogP contribution in [0.25, 0.3) is 27.3 Å². The minimum Gasteiger partial charge on any atom is -0.478 e. The lowest BCUT2D eigenvalue weighted by molar-refractivity contribution is 0.0697. The number of nitrogens with zero attached hydrogens (tertiary/aromatic N) is 4. The number of benzene rings is 1. The summed E-state index contributed by atoms with van der Waals surface area (Å²) < 4.78 is 1.75. The molecule has 1 N–H and O–H groups in total. The number of carboxylic acids is 1. The first-order valence-electron chi connectivity index (χ1n) is 9.06. The van der Waals surface area contributed by atoms with E-state index in [1.807, 2.05) is 13.0 Å². The van der Waals surface area contributed by atoms with Crippen molar-refractivity contribution in [1.82, 2.24) is 19.6 Å². The fraction of sp³-hybridized carbons (Fsp3) is 0.300. The molecule has 0 spiro atoms. The zero-order valence-electron chi connectivity index (χ0n) is 15.1. The van der Waals surface area contributed by atoms with Crippen LogP contribution in [0, 0.1) is 6.92 Å². The van der Waals surface area contributed by atoms with Gasteiger partial charge in [0.05, 0.1) is 10.9 Å². The van der Waals surface area contributed by atoms with E-state index in [-0.39, 0.29) is 5.56 Å². The number of thiophene rings is 1. The Morgan fingerprint density at radius 2 is 2.11 bits per heavy atom. The topological polar surface area (TPSA) is 80.4 Å². The summed E-state index contributed by atoms with van der Waals surface area (Å²) >= 11 is 1.76. The van der Waals surface area contributed by atoms with Crippen molar-refractivity contribution >= 4 is 33.2 Å². The van der Waals surface area contributed by atoms with Gasteiger partial charge in [0.1, 0.15) is 10.7 Å². The van der Waals surface area contributed by atoms with E-state index in [1.54, 1.807) is 34.1 Å². The van der Waals surface area contributed by atoms with Crippen molar-refractivity contribution in [3.63, 3.8) is 0 Å². The zero-order chi connectivity index (χ0) is 18.7. The molecule has 0 unspecified atom stereocenters. The van der Waals surface area contributed by atoms with E-state index in [0.717, 1.165) is 28.1 Å². The van der Waals surface area contributed by atoms with Gasteiger partial charge in [-0.05, 0) is 43.7 Å². The predicted molar refractivity (Wildman–Crippen MR) is 105 cm³/mol. The Hall–Kier alpha value is -2.80. The van der Waals surface area contributed by atoms with Crippen LogP contribution in [0.3, 0.4) is 0 Å². The van der Waals surface area contributed by atoms with Crippen molar-refractivity contribution in [1.29, 1.82) is 0 Å². The van der Waals surface area contributed by atoms with E-state index in [4.69, 9.17) is 9.97 Å². The molecule has 1 aliphatic carbocycles. The molecule has 0 saturated heterocycles. The number of hydrogen-bond donors (Lipinski definition) is 1. The fourth-order valence-electron chi connectivity index (χ4n) is 4.06. The first-order chi connectivity index (χ1) is 13.0. The van der Waals surface area contributed by atoms with Crippen molar-refractivity contribution in [2.24, 2.45) is 0 Å². The highest BCUT2D eigenvalue weighted by Crippen LogP contribution is 2.43. The lowest BCUT2D eigenvalue weighted by atomic mass is 9.87. The molecule has 3 heterocycles. The minimum atomic E-state index is -0.981. The monoisotopic (exact) mass is 378 g/mol. The summed E-state index contributed by atoms with van der Waals surface area (Å²) in [4.78, 5) is 23.6. The van der Waals surface area contributed by atoms with Gasteiger partial charge < -0.3 is 5.11 Å². The average molecular weight is 378 g/mol. The van der Waals surface area contributed by atoms with Gasteiger partial charge in [-0.3, -0.25) is 0 Å². The van der Waals surface area contributed by atoms with Gasteiger partial charge in [-0.2, -0.15) is 4.52 Å². The summed E-state index contributed by atoms with van der Waals surface area (Å²) in [6.07, 6.45) is 3.47. The van der Waals surface area contributed by atoms with Crippen molar-refractivity contribution in [2.45, 2.75) is 39.0 Å². The number of aryl methyl sites for hydroxylation is 2. The van der Waals surface area contributed by atoms with Crippen LogP contribution in [-0.4, -0.2) is 30.7 Å². The Morgan fingerprint density at radius 3 is 2.93 bits per heavy atom. The molecule has 136 valence electrons. The molecule has 0 bridgehead atoms. The number of rotatable bonds is 2. The SMILES string of the molecule is Cc1nc2sc3c(c2c2nc(-c4ccccc4C(=O)O)nn12)[C@@H](C)CCC3. The summed E-state index contributed by atoms with van der Waals surface area (Å²) in [5.41, 5.74) is 2.86. The van der Waals surface area contributed by atoms with E-state index in [0.29, 0.717) is 17.3 Å². The lowest BCUT2D eigenvalue weighted by Crippen LogP contribution is -2.05. The molecule has 0 radical (unpaired) electrons. The third-order valence-electron chi connectivity index (χ3n) is 5.34. The molecule has 1 aromatic carbocycles. The van der Waals surface area contributed by atoms with Crippen LogP contribution < -0.4 is 0 Å². The smallest absolute Gasteiger partial charge is 0.336 e. The Balaban J connectivity index is 1.84. The van der Waals surface area contributed by atoms with Gasteiger partial charge in [0.15, 0.2) is 11.5 Å². The first kappa shape index (κ1) is 16.4. The Bertz CT molecular complexity index is 1220. The minimum absolute atomic E-state index is 0.205. The third-order valence-corrected chi connectivity index (χ3v) is 6.50. The summed E-state index contributed by atoms with van der Waals surface area (Å²) in [5, 5.41) is 15.2. The molecule has 27 heavy (non-hydrogen) atoms. The maximum atomic E-state index is 11.6. The van der Waals surface area contributed by atoms with Gasteiger partial charge in [0.25, 0.3) is 0 Å². The van der Waals surface area contributed by atoms with Gasteiger partial charge in [-0.15, -0.1) is 16.4 Å². The maximum Gasteiger partial charge on any atom is 0.336 e. The van der Waals surface area contributed by atoms with Crippen LogP contribution in [0.1, 0.15) is 52.3 Å². The lowest BCUT2D eigenvalue weighted by Gasteiger charge is -2.18. The van der Waals surface area contributed by atoms with Crippen LogP contribution in [0.15, 0.2) is 24.3 Å². The highest BCUT2D eigenvalue weighted by molar-refractivity contribution is 7.19. The first-order valence-corrected chi connectivity index (χ1v) is 9.87. The largest absolute Gasteiger partial charge is 0.478 e. The standard InChI is InChI=1S/C20H18N4O2S/c1-10-6-5-9-14-15(10)16-18-22-17(12-7-3-4-8-13(12)20(25)26)23-24(18)11(2)21-19(16)27-14/h3-4,7-8,10H,5-6,9H2,1-2H3,(H,25,26)/t10-/m0/s1. The number of hydrogen-bond acceptors (Lipinski definition) is 5. The zero-order valence-corrected chi connectivity index (χ0v) is 15.9. The molecule has 6 nitrogen and oxygen atoms in total. The predicted octanol–water partition coefficient (Wildman–Crippen LogP) is 4.45. The maximum absolute atomic E-state index is 11.6. The Morgan fingerprint density at radius 1 is 1.30 bits per heavy atom. The van der Waals surface area contributed by atoms with Crippen molar-refractivity contribution in [3.05, 3.63) is 46.1 Å². The summed E-state index contributed by atoms with van der Waals surface area (Å²) in [6, 6.07) is 6.86. The van der Waals surface area contributed by atoms with Crippen molar-refractivity contribution in [3.8, 4) is 11.4 Å². The van der Waals surface area contributed by atoms with Crippen LogP contribution in [0.4, 0.5) is 0 Å². The number of fused-ring (bicyclic) bond motifs is 5. The molecular formula is C20H18N4O2S. The van der Waals surface area contributed by atoms with Gasteiger partial charge in [-0.1, -0.05) is 25.1 Å². The van der Waals surface area contributed by atoms with E-state index in [9.17, 15) is 9.90 Å². The molecule has 0 aliphatic heterocycles. The highest BCUT2D eigenvalue weighted by atomic mass is 32.1. The summed E-state index contributed by atoms with van der Waals surface area (Å²) in [6.45, 7) is 4.17. The molecule has 5 rings (SSSR count). The fourth-order valence-corrected chi connectivity index (χ4v) is 5.44. The van der Waals surface area contributed by atoms with Crippen LogP contribution >= 0.6 is 11.3 Å². The van der Waals surface area contributed by atoms with Crippen LogP contribution in [-0.2, 0) is 6.42 Å². The van der Waals surface area contributed by atoms with E-state index >= 15 is 0 Å². The molecular weight excluding hydrogens is 360 g/mol. The van der Waals surface area contributed by atoms with E-state index in [1.165, 1.54) is 23.3 Å². The molecule has 0 saturated carbocycles. The number of aromatic nitrogens is 4. The van der Waals surface area contributed by atoms with Gasteiger partial charge >= 0.3 is 5.97 Å². The Labute approximate surface area is 159 Å². The van der Waals surface area contributed by atoms with Gasteiger partial charge in [0, 0.05) is 10.4 Å². The van der Waals surface area contributed by atoms with Crippen LogP contribution in [0.2, 0.25) is 0 Å². The van der Waals surface area contributed by atoms with Gasteiger partial charge in [-0.25, -0.2) is 14.8 Å². The number of carbonyl (C=O) groups is 1. The van der Waals surface area contributed by atoms with Gasteiger partial charge in [0.2, 0.25) is 0 Å². The van der Waals surface area contributed by atoms with Crippen molar-refractivity contribution in [2.75, 3.05) is 0 Å². The molecule has 4 aromatic rings. The second kappa shape index (κ2) is 5.85. The number of aromatic carboxylic acids is 1. The van der Waals surface area contributed by atoms with E-state index < -0.39 is 5.97 Å². The Kier molecular flexibility index (Phi) is 3.55. The summed E-state index contributed by atoms with van der Waals surface area (Å²) in [5.74, 6) is 0.678. The summed E-state index contributed by atoms with van der Waals surface area (Å²) in [7, 11) is 0. The molecule has 1 atom stereocenters. The van der Waals surface area contributed by atoms with E-state index in [2.05, 4.69) is 12.0 Å². The second-order valence-corrected chi connectivity index (χ2v) is 8.18. The molecule has 0 amide bonds. The number of carboxylic acid groups (broad SMARTS) is 1. The molecule has 3 aromatic heterocycles. The third kappa shape index (κ3) is 2.38. The molecule has 7 heteroatoms. The quantitative estimate of drug-likeness (QED) is 0.557. The normalized spacial score (nSPS) is 16.7. The molecule has 1 aliphatic rings. The highest BCUT2D eigenvalue weighted by Gasteiger charge is 2.26. The van der Waals surface area contributed by atoms with Crippen LogP contribution in [0.5, 0.6) is 0 Å². The average Bonchev–Trinajstić information content (AvgIpc) is 3.24.